The number of hydrogen-bond donors (Lipinski definition) is 4. The molecule has 0 spiro atoms. The molecule has 8 aromatic rings. The van der Waals surface area contributed by atoms with Crippen molar-refractivity contribution in [3.63, 3.8) is 0 Å². The number of alkyl halides is 4. The Morgan fingerprint density at radius 2 is 1.57 bits per heavy atom. The number of thiazole rings is 1. The third-order valence-electron chi connectivity index (χ3n) is 10.5. The molecule has 5 N–H and O–H groups in total. The van der Waals surface area contributed by atoms with Crippen LogP contribution in [0, 0.1) is 0 Å². The fourth-order valence-corrected chi connectivity index (χ4v) is 8.86. The Balaban J connectivity index is 0.000000196. The lowest BCUT2D eigenvalue weighted by molar-refractivity contribution is -0.000201. The highest BCUT2D eigenvalue weighted by Crippen LogP contribution is 2.40. The van der Waals surface area contributed by atoms with E-state index in [1.54, 1.807) is 72.8 Å². The Labute approximate surface area is 410 Å². The van der Waals surface area contributed by atoms with E-state index in [-0.39, 0.29) is 12.3 Å². The molecule has 70 heavy (non-hydrogen) atoms. The van der Waals surface area contributed by atoms with Crippen LogP contribution in [0.4, 0.5) is 46.3 Å². The summed E-state index contributed by atoms with van der Waals surface area (Å²) in [6, 6.07) is 19.6. The van der Waals surface area contributed by atoms with Crippen LogP contribution in [-0.4, -0.2) is 131 Å². The normalized spacial score (nSPS) is 12.8. The molecule has 0 bridgehead atoms. The second kappa shape index (κ2) is 23.9. The lowest BCUT2D eigenvalue weighted by Gasteiger charge is -2.23. The minimum absolute atomic E-state index is 0.0504. The highest BCUT2D eigenvalue weighted by molar-refractivity contribution is 7.99. The Hall–Kier alpha value is -7.14. The maximum absolute atomic E-state index is 13.9. The van der Waals surface area contributed by atoms with Gasteiger partial charge in [0.2, 0.25) is 6.93 Å². The quantitative estimate of drug-likeness (QED) is 0.0530. The molecule has 1 aliphatic heterocycles. The van der Waals surface area contributed by atoms with Gasteiger partial charge in [0, 0.05) is 78.9 Å². The number of aryl methyl sites for hydroxylation is 1. The Bertz CT molecular complexity index is 3100. The van der Waals surface area contributed by atoms with E-state index >= 15 is 0 Å². The maximum Gasteiger partial charge on any atom is 0.276 e. The number of aliphatic imine (C=N–C) groups is 1. The lowest BCUT2D eigenvalue weighted by Crippen LogP contribution is -2.36. The number of thioether (sulfide) groups is 1. The monoisotopic (exact) mass is 996 g/mol. The summed E-state index contributed by atoms with van der Waals surface area (Å²) >= 11 is 3.31. The number of ether oxygens (including phenoxy) is 2. The molecule has 1 atom stereocenters. The van der Waals surface area contributed by atoms with Crippen molar-refractivity contribution in [2.45, 2.75) is 17.4 Å². The van der Waals surface area contributed by atoms with E-state index in [0.717, 1.165) is 72.9 Å². The molecular formula is C48H52F4N14O2S2. The minimum atomic E-state index is -2.68. The number of halogens is 4. The number of anilines is 5. The summed E-state index contributed by atoms with van der Waals surface area (Å²) in [4.78, 5) is 31.3. The summed E-state index contributed by atoms with van der Waals surface area (Å²) in [5.74, 6) is 3.02. The Kier molecular flexibility index (Phi) is 17.3. The van der Waals surface area contributed by atoms with E-state index < -0.39 is 19.5 Å². The number of likely N-dealkylation sites (N-methyl/N-ethyl adjacent to an activating group) is 2. The van der Waals surface area contributed by atoms with Gasteiger partial charge in [-0.05, 0) is 100.0 Å². The molecule has 1 aliphatic rings. The van der Waals surface area contributed by atoms with E-state index in [2.05, 4.69) is 68.0 Å². The lowest BCUT2D eigenvalue weighted by atomic mass is 10.0. The van der Waals surface area contributed by atoms with Crippen LogP contribution in [0.3, 0.4) is 0 Å². The smallest absolute Gasteiger partial charge is 0.276 e. The number of aromatic nitrogens is 7. The van der Waals surface area contributed by atoms with Crippen molar-refractivity contribution in [3.8, 4) is 22.6 Å². The van der Waals surface area contributed by atoms with Crippen molar-refractivity contribution in [3.05, 3.63) is 103 Å². The predicted molar refractivity (Wildman–Crippen MR) is 275 cm³/mol. The summed E-state index contributed by atoms with van der Waals surface area (Å²) in [6.45, 7) is -0.382. The van der Waals surface area contributed by atoms with Crippen molar-refractivity contribution < 1.29 is 27.0 Å². The van der Waals surface area contributed by atoms with Gasteiger partial charge in [-0.25, -0.2) is 42.5 Å². The van der Waals surface area contributed by atoms with E-state index in [4.69, 9.17) is 15.2 Å². The van der Waals surface area contributed by atoms with E-state index in [0.29, 0.717) is 34.9 Å². The van der Waals surface area contributed by atoms with Crippen molar-refractivity contribution in [1.29, 1.82) is 0 Å². The molecule has 0 saturated carbocycles. The molecule has 4 aromatic carbocycles. The van der Waals surface area contributed by atoms with Gasteiger partial charge in [-0.1, -0.05) is 0 Å². The number of hydrogen-bond acceptors (Lipinski definition) is 17. The number of rotatable bonds is 16. The first kappa shape index (κ1) is 50.7. The summed E-state index contributed by atoms with van der Waals surface area (Å²) in [7, 11) is 11.0. The second-order valence-electron chi connectivity index (χ2n) is 16.1. The van der Waals surface area contributed by atoms with Gasteiger partial charge in [0.25, 0.3) is 6.43 Å². The molecule has 0 fully saturated rings. The summed E-state index contributed by atoms with van der Waals surface area (Å²) < 4.78 is 62.0. The minimum Gasteiger partial charge on any atom is -0.491 e. The van der Waals surface area contributed by atoms with Gasteiger partial charge in [0.1, 0.15) is 42.4 Å². The third kappa shape index (κ3) is 12.7. The van der Waals surface area contributed by atoms with Gasteiger partial charge in [-0.2, -0.15) is 5.10 Å². The predicted octanol–water partition coefficient (Wildman–Crippen LogP) is 9.63. The van der Waals surface area contributed by atoms with Crippen molar-refractivity contribution >= 4 is 95.6 Å². The van der Waals surface area contributed by atoms with Crippen LogP contribution in [0.1, 0.15) is 5.56 Å². The van der Waals surface area contributed by atoms with Crippen molar-refractivity contribution in [2.75, 3.05) is 83.7 Å². The molecule has 16 nitrogen and oxygen atoms in total. The SMILES string of the molecule is CN(C)CC(Oc1cc(-c2cnn(C)c2)cc2ncnc(Nc3ccc4ncsc4c3)c12)C(F)F.CN=C/C(=C\N)c1cc(OCCN(C)C)c2c(Nc3ccc4c(c3)SCN4)ncnc2c1.FCF. The van der Waals surface area contributed by atoms with Gasteiger partial charge < -0.3 is 41.0 Å². The number of nitrogens with zero attached hydrogens (tertiary/aromatic N) is 10. The fraction of sp³-hybridized carbons (Fsp3) is 0.271. The number of benzene rings is 4. The number of nitrogens with one attached hydrogen (secondary N) is 3. The zero-order valence-electron chi connectivity index (χ0n) is 39.2. The van der Waals surface area contributed by atoms with Crippen molar-refractivity contribution in [1.82, 2.24) is 44.5 Å². The van der Waals surface area contributed by atoms with Crippen LogP contribution >= 0.6 is 23.1 Å². The molecule has 4 aromatic heterocycles. The highest BCUT2D eigenvalue weighted by Gasteiger charge is 2.26. The molecule has 0 aliphatic carbocycles. The molecule has 0 amide bonds. The molecule has 1 unspecified atom stereocenters. The third-order valence-corrected chi connectivity index (χ3v) is 12.2. The van der Waals surface area contributed by atoms with Crippen LogP contribution in [0.5, 0.6) is 11.5 Å². The number of nitrogens with two attached hydrogens (primary N) is 1. The molecule has 366 valence electrons. The highest BCUT2D eigenvalue weighted by atomic mass is 32.2. The number of fused-ring (bicyclic) bond motifs is 4. The topological polar surface area (TPSA) is 182 Å². The van der Waals surface area contributed by atoms with Crippen LogP contribution in [-0.2, 0) is 7.05 Å². The van der Waals surface area contributed by atoms with Gasteiger partial charge in [0.15, 0.2) is 6.10 Å². The van der Waals surface area contributed by atoms with Crippen molar-refractivity contribution in [2.24, 2.45) is 17.8 Å². The van der Waals surface area contributed by atoms with Gasteiger partial charge in [-0.3, -0.25) is 9.67 Å². The second-order valence-corrected chi connectivity index (χ2v) is 18.0. The largest absolute Gasteiger partial charge is 0.491 e. The van der Waals surface area contributed by atoms with Gasteiger partial charge >= 0.3 is 0 Å². The molecule has 0 saturated heterocycles. The molecule has 5 heterocycles. The first-order valence-electron chi connectivity index (χ1n) is 21.7. The average Bonchev–Trinajstić information content (AvgIpc) is 4.12. The number of allylic oxidation sites excluding steroid dienone is 1. The summed E-state index contributed by atoms with van der Waals surface area (Å²) in [6.07, 6.45) is 5.80. The standard InChI is InChI=1S/C24H23F2N7OS.C23H27N7OS.CH2F2/c1-32(2)11-20(23(25)26)34-19-7-14(15-9-30-33(3)10-15)6-18-22(19)24(28-12-27-18)31-16-4-5-17-21(8-16)35-13-29-17;1-25-12-16(11-24)15-8-19-22(20(9-15)31-7-6-30(2)3)23(27-13-26-19)29-17-4-5-18-21(10-17)32-14-28-18;2-1-3/h4-10,12-13,20,23H,11H2,1-3H3,(H,27,28,31);4-5,8-13,28H,6-7,14,24H2,1-3H3,(H,26,27,29);1H2/b;16-11+,25-12?;. The zero-order valence-corrected chi connectivity index (χ0v) is 40.8. The van der Waals surface area contributed by atoms with E-state index in [1.807, 2.05) is 69.8 Å². The maximum atomic E-state index is 13.9. The van der Waals surface area contributed by atoms with Crippen LogP contribution in [0.2, 0.25) is 0 Å². The first-order valence-corrected chi connectivity index (χ1v) is 23.5. The average molecular weight is 997 g/mol. The van der Waals surface area contributed by atoms with Gasteiger partial charge in [-0.15, -0.1) is 23.1 Å². The zero-order chi connectivity index (χ0) is 49.7. The van der Waals surface area contributed by atoms with Crippen LogP contribution in [0.15, 0.2) is 107 Å². The van der Waals surface area contributed by atoms with E-state index in [9.17, 15) is 17.6 Å². The van der Waals surface area contributed by atoms with Crippen LogP contribution in [0.25, 0.3) is 48.7 Å². The Morgan fingerprint density at radius 3 is 2.23 bits per heavy atom. The van der Waals surface area contributed by atoms with E-state index in [1.165, 1.54) is 28.8 Å². The Morgan fingerprint density at radius 1 is 0.871 bits per heavy atom. The van der Waals surface area contributed by atoms with Gasteiger partial charge in [0.05, 0.1) is 49.6 Å². The fourth-order valence-electron chi connectivity index (χ4n) is 7.25. The summed E-state index contributed by atoms with van der Waals surface area (Å²) in [5, 5.41) is 15.7. The van der Waals surface area contributed by atoms with Crippen LogP contribution < -0.4 is 31.2 Å². The molecule has 22 heteroatoms. The molecule has 0 radical (unpaired) electrons. The summed E-state index contributed by atoms with van der Waals surface area (Å²) in [5.41, 5.74) is 16.0. The molecular weight excluding hydrogens is 945 g/mol. The first-order chi connectivity index (χ1) is 33.9. The molecule has 9 rings (SSSR count).